The fraction of sp³-hybridized carbons (Fsp3) is 1.00. The van der Waals surface area contributed by atoms with Gasteiger partial charge in [-0.3, -0.25) is 0 Å². The van der Waals surface area contributed by atoms with Crippen molar-refractivity contribution in [3.05, 3.63) is 0 Å². The molecule has 7 nitrogen and oxygen atoms in total. The molecular weight excluding hydrogens is 220 g/mol. The lowest BCUT2D eigenvalue weighted by atomic mass is 10.1. The number of rotatable bonds is 4. The molecule has 16 heavy (non-hydrogen) atoms. The molecule has 7 heteroatoms. The second-order valence-electron chi connectivity index (χ2n) is 4.09. The first-order valence-electron chi connectivity index (χ1n) is 5.13. The second kappa shape index (κ2) is 4.53. The summed E-state index contributed by atoms with van der Waals surface area (Å²) in [5.41, 5.74) is 0. The average Bonchev–Trinajstić information content (AvgIpc) is 2.80. The number of hydrogen-bond acceptors (Lipinski definition) is 7. The van der Waals surface area contributed by atoms with E-state index in [0.29, 0.717) is 0 Å². The zero-order valence-corrected chi connectivity index (χ0v) is 8.65. The van der Waals surface area contributed by atoms with Gasteiger partial charge >= 0.3 is 0 Å². The van der Waals surface area contributed by atoms with Crippen molar-refractivity contribution in [3.8, 4) is 0 Å². The van der Waals surface area contributed by atoms with Crippen LogP contribution in [0.2, 0.25) is 0 Å². The van der Waals surface area contributed by atoms with Crippen molar-refractivity contribution in [1.29, 1.82) is 0 Å². The van der Waals surface area contributed by atoms with Gasteiger partial charge in [0.1, 0.15) is 31.0 Å². The van der Waals surface area contributed by atoms with Crippen LogP contribution in [0.5, 0.6) is 0 Å². The number of aliphatic hydroxyl groups excluding tert-OH is 3. The Morgan fingerprint density at radius 2 is 2.19 bits per heavy atom. The fourth-order valence-corrected chi connectivity index (χ4v) is 1.89. The summed E-state index contributed by atoms with van der Waals surface area (Å²) < 4.78 is 15.4. The van der Waals surface area contributed by atoms with Crippen LogP contribution >= 0.6 is 0 Å². The number of ether oxygens (including phenoxy) is 3. The van der Waals surface area contributed by atoms with Gasteiger partial charge < -0.3 is 34.6 Å². The molecule has 2 fully saturated rings. The van der Waals surface area contributed by atoms with Crippen LogP contribution < -0.4 is 0 Å². The third-order valence-corrected chi connectivity index (χ3v) is 2.79. The smallest absolute Gasteiger partial charge is 0.219 e. The van der Waals surface area contributed by atoms with Crippen molar-refractivity contribution in [1.82, 2.24) is 0 Å². The molecule has 2 heterocycles. The molecule has 94 valence electrons. The molecule has 2 aliphatic rings. The van der Waals surface area contributed by atoms with Crippen molar-refractivity contribution in [3.63, 3.8) is 0 Å². The summed E-state index contributed by atoms with van der Waals surface area (Å²) in [6, 6.07) is 0. The first-order valence-corrected chi connectivity index (χ1v) is 5.13. The Kier molecular flexibility index (Phi) is 3.45. The molecule has 0 aromatic rings. The molecule has 1 unspecified atom stereocenters. The molecule has 0 saturated carbocycles. The summed E-state index contributed by atoms with van der Waals surface area (Å²) in [6.45, 7) is -0.714. The summed E-state index contributed by atoms with van der Waals surface area (Å²) in [4.78, 5) is 0. The van der Waals surface area contributed by atoms with Gasteiger partial charge in [0, 0.05) is 0 Å². The van der Waals surface area contributed by atoms with E-state index < -0.39 is 36.8 Å². The van der Waals surface area contributed by atoms with E-state index in [0.717, 1.165) is 0 Å². The minimum absolute atomic E-state index is 0.0869. The zero-order valence-electron chi connectivity index (χ0n) is 8.65. The van der Waals surface area contributed by atoms with Crippen LogP contribution in [0.1, 0.15) is 0 Å². The second-order valence-corrected chi connectivity index (χ2v) is 4.09. The monoisotopic (exact) mass is 236 g/mol. The van der Waals surface area contributed by atoms with Gasteiger partial charge in [-0.25, -0.2) is 0 Å². The van der Waals surface area contributed by atoms with E-state index in [-0.39, 0.29) is 19.8 Å². The highest BCUT2D eigenvalue weighted by atomic mass is 16.7. The molecule has 0 radical (unpaired) electrons. The SMILES string of the molecule is OCC(O)CO[C@@]1(O)CO[C@@H]2[C@H](O)CO[C@@H]21. The molecule has 0 spiro atoms. The lowest BCUT2D eigenvalue weighted by Crippen LogP contribution is -2.47. The van der Waals surface area contributed by atoms with Gasteiger partial charge in [-0.05, 0) is 0 Å². The summed E-state index contributed by atoms with van der Waals surface area (Å²) >= 11 is 0. The van der Waals surface area contributed by atoms with E-state index in [2.05, 4.69) is 0 Å². The van der Waals surface area contributed by atoms with E-state index in [4.69, 9.17) is 24.4 Å². The van der Waals surface area contributed by atoms with Crippen LogP contribution in [0.3, 0.4) is 0 Å². The van der Waals surface area contributed by atoms with Crippen LogP contribution in [0.4, 0.5) is 0 Å². The highest BCUT2D eigenvalue weighted by Crippen LogP contribution is 2.34. The van der Waals surface area contributed by atoms with E-state index in [1.807, 2.05) is 0 Å². The third kappa shape index (κ3) is 2.07. The molecule has 0 bridgehead atoms. The van der Waals surface area contributed by atoms with E-state index in [1.54, 1.807) is 0 Å². The van der Waals surface area contributed by atoms with E-state index in [1.165, 1.54) is 0 Å². The summed E-state index contributed by atoms with van der Waals surface area (Å²) in [6.07, 6.45) is -3.19. The lowest BCUT2D eigenvalue weighted by molar-refractivity contribution is -0.253. The summed E-state index contributed by atoms with van der Waals surface area (Å²) in [5.74, 6) is -1.67. The van der Waals surface area contributed by atoms with Crippen LogP contribution in [-0.4, -0.2) is 77.1 Å². The fourth-order valence-electron chi connectivity index (χ4n) is 1.89. The number of fused-ring (bicyclic) bond motifs is 1. The lowest BCUT2D eigenvalue weighted by Gasteiger charge is -2.27. The predicted molar refractivity (Wildman–Crippen MR) is 49.5 cm³/mol. The largest absolute Gasteiger partial charge is 0.394 e. The van der Waals surface area contributed by atoms with Crippen molar-refractivity contribution in [2.75, 3.05) is 26.4 Å². The van der Waals surface area contributed by atoms with Crippen molar-refractivity contribution in [2.24, 2.45) is 0 Å². The zero-order chi connectivity index (χ0) is 11.8. The summed E-state index contributed by atoms with van der Waals surface area (Å²) in [7, 11) is 0. The Morgan fingerprint density at radius 1 is 1.44 bits per heavy atom. The van der Waals surface area contributed by atoms with Gasteiger partial charge in [-0.2, -0.15) is 0 Å². The average molecular weight is 236 g/mol. The van der Waals surface area contributed by atoms with E-state index in [9.17, 15) is 10.2 Å². The Balaban J connectivity index is 1.93. The van der Waals surface area contributed by atoms with Gasteiger partial charge in [0.25, 0.3) is 0 Å². The quantitative estimate of drug-likeness (QED) is 0.390. The van der Waals surface area contributed by atoms with Gasteiger partial charge in [0.15, 0.2) is 0 Å². The van der Waals surface area contributed by atoms with E-state index >= 15 is 0 Å². The molecule has 2 rings (SSSR count). The maximum Gasteiger partial charge on any atom is 0.219 e. The van der Waals surface area contributed by atoms with Crippen molar-refractivity contribution >= 4 is 0 Å². The molecule has 4 N–H and O–H groups in total. The highest BCUT2D eigenvalue weighted by Gasteiger charge is 2.57. The molecule has 5 atom stereocenters. The number of aliphatic hydroxyl groups is 4. The van der Waals surface area contributed by atoms with Gasteiger partial charge in [0.05, 0.1) is 19.8 Å². The normalized spacial score (nSPS) is 44.6. The Labute approximate surface area is 92.2 Å². The van der Waals surface area contributed by atoms with Crippen LogP contribution in [0, 0.1) is 0 Å². The predicted octanol–water partition coefficient (Wildman–Crippen LogP) is -2.80. The van der Waals surface area contributed by atoms with Crippen LogP contribution in [0.25, 0.3) is 0 Å². The minimum Gasteiger partial charge on any atom is -0.394 e. The van der Waals surface area contributed by atoms with Gasteiger partial charge in [-0.15, -0.1) is 0 Å². The Bertz CT molecular complexity index is 248. The summed E-state index contributed by atoms with van der Waals surface area (Å²) in [5, 5.41) is 37.2. The molecule has 0 aromatic carbocycles. The van der Waals surface area contributed by atoms with Crippen molar-refractivity contribution in [2.45, 2.75) is 30.2 Å². The first kappa shape index (κ1) is 12.2. The first-order chi connectivity index (χ1) is 7.57. The molecule has 2 saturated heterocycles. The van der Waals surface area contributed by atoms with Gasteiger partial charge in [0.2, 0.25) is 5.79 Å². The maximum absolute atomic E-state index is 10.0. The number of hydrogen-bond donors (Lipinski definition) is 4. The standard InChI is InChI=1S/C9H16O7/c10-1-5(11)2-16-9(13)4-15-7-6(12)3-14-8(7)9/h5-8,10-13H,1-4H2/t5?,6-,7-,8+,9+/m1/s1. The molecule has 2 aliphatic heterocycles. The van der Waals surface area contributed by atoms with Crippen LogP contribution in [-0.2, 0) is 14.2 Å². The van der Waals surface area contributed by atoms with Crippen LogP contribution in [0.15, 0.2) is 0 Å². The third-order valence-electron chi connectivity index (χ3n) is 2.79. The van der Waals surface area contributed by atoms with Gasteiger partial charge in [-0.1, -0.05) is 0 Å². The Morgan fingerprint density at radius 3 is 2.88 bits per heavy atom. The molecule has 0 amide bonds. The molecule has 0 aromatic heterocycles. The van der Waals surface area contributed by atoms with Crippen molar-refractivity contribution < 1.29 is 34.6 Å². The minimum atomic E-state index is -1.67. The topological polar surface area (TPSA) is 109 Å². The Hall–Kier alpha value is -0.280. The molecular formula is C9H16O7. The highest BCUT2D eigenvalue weighted by molar-refractivity contribution is 4.99. The maximum atomic E-state index is 10.0. The molecule has 0 aliphatic carbocycles.